The molecule has 2 aromatic rings. The van der Waals surface area contributed by atoms with E-state index in [9.17, 15) is 24.6 Å². The summed E-state index contributed by atoms with van der Waals surface area (Å²) in [5.74, 6) is -1.07. The molecule has 3 rings (SSSR count). The molecule has 3 N–H and O–H groups in total. The van der Waals surface area contributed by atoms with E-state index in [1.165, 1.54) is 25.1 Å². The van der Waals surface area contributed by atoms with Gasteiger partial charge in [0.1, 0.15) is 17.2 Å². The molecular formula is C21H22N2O6. The Bertz CT molecular complexity index is 914. The Labute approximate surface area is 167 Å². The van der Waals surface area contributed by atoms with Crippen LogP contribution in [0.5, 0.6) is 17.2 Å². The third-order valence-corrected chi connectivity index (χ3v) is 4.62. The molecule has 1 aliphatic heterocycles. The summed E-state index contributed by atoms with van der Waals surface area (Å²) in [7, 11) is 0. The fraction of sp³-hybridized carbons (Fsp3) is 0.286. The fourth-order valence-electron chi connectivity index (χ4n) is 3.26. The Morgan fingerprint density at radius 1 is 1.00 bits per heavy atom. The smallest absolute Gasteiger partial charge is 0.308 e. The van der Waals surface area contributed by atoms with Crippen LogP contribution in [0, 0.1) is 0 Å². The molecule has 0 spiro atoms. The number of phenolic OH excluding ortho intramolecular Hbond substituents is 2. The number of amides is 2. The monoisotopic (exact) mass is 398 g/mol. The van der Waals surface area contributed by atoms with E-state index in [1.54, 1.807) is 23.1 Å². The van der Waals surface area contributed by atoms with Crippen molar-refractivity contribution < 1.29 is 29.3 Å². The van der Waals surface area contributed by atoms with E-state index in [-0.39, 0.29) is 29.0 Å². The lowest BCUT2D eigenvalue weighted by Gasteiger charge is -2.32. The maximum Gasteiger partial charge on any atom is 0.308 e. The molecule has 1 aliphatic rings. The van der Waals surface area contributed by atoms with Gasteiger partial charge in [0.25, 0.3) is 11.8 Å². The highest BCUT2D eigenvalue weighted by Gasteiger charge is 2.25. The quantitative estimate of drug-likeness (QED) is 0.536. The number of phenols is 2. The second-order valence-electron chi connectivity index (χ2n) is 6.90. The largest absolute Gasteiger partial charge is 0.508 e. The first-order valence-corrected chi connectivity index (χ1v) is 9.23. The van der Waals surface area contributed by atoms with Crippen LogP contribution in [0.4, 0.5) is 0 Å². The summed E-state index contributed by atoms with van der Waals surface area (Å²) in [6.07, 6.45) is 1.15. The minimum atomic E-state index is -0.453. The number of ether oxygens (including phenoxy) is 1. The van der Waals surface area contributed by atoms with Gasteiger partial charge in [-0.1, -0.05) is 6.07 Å². The highest BCUT2D eigenvalue weighted by atomic mass is 16.5. The number of benzene rings is 2. The zero-order valence-electron chi connectivity index (χ0n) is 15.9. The number of likely N-dealkylation sites (tertiary alicyclic amines) is 1. The Hall–Kier alpha value is -3.55. The van der Waals surface area contributed by atoms with Gasteiger partial charge in [0.2, 0.25) is 0 Å². The van der Waals surface area contributed by atoms with Crippen LogP contribution in [0.15, 0.2) is 42.5 Å². The van der Waals surface area contributed by atoms with Gasteiger partial charge in [0, 0.05) is 43.2 Å². The van der Waals surface area contributed by atoms with E-state index in [4.69, 9.17) is 4.74 Å². The number of carbonyl (C=O) groups is 3. The molecule has 0 aliphatic carbocycles. The van der Waals surface area contributed by atoms with Crippen molar-refractivity contribution in [1.29, 1.82) is 0 Å². The summed E-state index contributed by atoms with van der Waals surface area (Å²) in [4.78, 5) is 37.8. The third kappa shape index (κ3) is 5.25. The van der Waals surface area contributed by atoms with Crippen molar-refractivity contribution in [3.63, 3.8) is 0 Å². The topological polar surface area (TPSA) is 116 Å². The average Bonchev–Trinajstić information content (AvgIpc) is 2.67. The average molecular weight is 398 g/mol. The van der Waals surface area contributed by atoms with Crippen molar-refractivity contribution in [3.05, 3.63) is 53.6 Å². The van der Waals surface area contributed by atoms with E-state index in [1.807, 2.05) is 0 Å². The molecule has 29 heavy (non-hydrogen) atoms. The lowest BCUT2D eigenvalue weighted by Crippen LogP contribution is -2.46. The van der Waals surface area contributed by atoms with Crippen LogP contribution >= 0.6 is 0 Å². The predicted octanol–water partition coefficient (Wildman–Crippen LogP) is 2.06. The van der Waals surface area contributed by atoms with Crippen molar-refractivity contribution in [2.45, 2.75) is 25.8 Å². The molecule has 1 heterocycles. The molecular weight excluding hydrogens is 376 g/mol. The maximum absolute atomic E-state index is 12.7. The second-order valence-corrected chi connectivity index (χ2v) is 6.90. The van der Waals surface area contributed by atoms with Crippen molar-refractivity contribution >= 4 is 17.8 Å². The lowest BCUT2D eigenvalue weighted by atomic mass is 10.0. The minimum absolute atomic E-state index is 0.122. The van der Waals surface area contributed by atoms with Gasteiger partial charge in [-0.25, -0.2) is 0 Å². The third-order valence-electron chi connectivity index (χ3n) is 4.62. The molecule has 1 saturated heterocycles. The molecule has 0 aromatic heterocycles. The Morgan fingerprint density at radius 3 is 2.28 bits per heavy atom. The standard InChI is InChI=1S/C21H22N2O6/c1-13(24)29-19-4-2-3-14(11-19)21(28)23-7-5-16(6-8-23)22-20(27)15-9-17(25)12-18(26)10-15/h2-4,9-12,16,25-26H,5-8H2,1H3,(H,22,27). The van der Waals surface area contributed by atoms with E-state index in [2.05, 4.69) is 5.32 Å². The van der Waals surface area contributed by atoms with Crippen molar-refractivity contribution in [2.24, 2.45) is 0 Å². The van der Waals surface area contributed by atoms with Crippen molar-refractivity contribution in [2.75, 3.05) is 13.1 Å². The zero-order valence-corrected chi connectivity index (χ0v) is 15.9. The van der Waals surface area contributed by atoms with Crippen LogP contribution in [0.25, 0.3) is 0 Å². The summed E-state index contributed by atoms with van der Waals surface area (Å²) in [6.45, 7) is 2.23. The van der Waals surface area contributed by atoms with Gasteiger partial charge >= 0.3 is 5.97 Å². The number of piperidine rings is 1. The summed E-state index contributed by atoms with van der Waals surface area (Å²) in [5, 5.41) is 21.9. The number of nitrogens with zero attached hydrogens (tertiary/aromatic N) is 1. The van der Waals surface area contributed by atoms with Crippen LogP contribution in [-0.2, 0) is 4.79 Å². The van der Waals surface area contributed by atoms with E-state index in [0.29, 0.717) is 37.2 Å². The van der Waals surface area contributed by atoms with Crippen LogP contribution in [-0.4, -0.2) is 52.0 Å². The van der Waals surface area contributed by atoms with Gasteiger partial charge < -0.3 is 25.2 Å². The number of carbonyl (C=O) groups excluding carboxylic acids is 3. The summed E-state index contributed by atoms with van der Waals surface area (Å²) >= 11 is 0. The molecule has 152 valence electrons. The van der Waals surface area contributed by atoms with Gasteiger partial charge in [-0.3, -0.25) is 14.4 Å². The van der Waals surface area contributed by atoms with Gasteiger partial charge in [0.15, 0.2) is 0 Å². The molecule has 8 nitrogen and oxygen atoms in total. The van der Waals surface area contributed by atoms with Crippen LogP contribution in [0.3, 0.4) is 0 Å². The normalized spacial score (nSPS) is 14.3. The van der Waals surface area contributed by atoms with Gasteiger partial charge in [0.05, 0.1) is 0 Å². The summed E-state index contributed by atoms with van der Waals surface area (Å²) in [5.41, 5.74) is 0.602. The predicted molar refractivity (Wildman–Crippen MR) is 104 cm³/mol. The molecule has 2 aromatic carbocycles. The summed E-state index contributed by atoms with van der Waals surface area (Å²) < 4.78 is 5.02. The Morgan fingerprint density at radius 2 is 1.66 bits per heavy atom. The molecule has 2 amide bonds. The summed E-state index contributed by atoms with van der Waals surface area (Å²) in [6, 6.07) is 10.1. The Kier molecular flexibility index (Phi) is 6.01. The molecule has 0 atom stereocenters. The van der Waals surface area contributed by atoms with Gasteiger partial charge in [-0.15, -0.1) is 0 Å². The highest BCUT2D eigenvalue weighted by molar-refractivity contribution is 5.96. The van der Waals surface area contributed by atoms with E-state index >= 15 is 0 Å². The number of esters is 1. The number of rotatable bonds is 4. The van der Waals surface area contributed by atoms with E-state index in [0.717, 1.165) is 6.07 Å². The molecule has 0 bridgehead atoms. The molecule has 0 radical (unpaired) electrons. The maximum atomic E-state index is 12.7. The van der Waals surface area contributed by atoms with Crippen molar-refractivity contribution in [1.82, 2.24) is 10.2 Å². The molecule has 0 unspecified atom stereocenters. The zero-order chi connectivity index (χ0) is 21.0. The number of hydrogen-bond donors (Lipinski definition) is 3. The number of nitrogens with one attached hydrogen (secondary N) is 1. The molecule has 0 saturated carbocycles. The number of hydrogen-bond acceptors (Lipinski definition) is 6. The van der Waals surface area contributed by atoms with Crippen LogP contribution in [0.2, 0.25) is 0 Å². The van der Waals surface area contributed by atoms with Gasteiger partial charge in [-0.2, -0.15) is 0 Å². The highest BCUT2D eigenvalue weighted by Crippen LogP contribution is 2.22. The molecule has 1 fully saturated rings. The molecule has 8 heteroatoms. The fourth-order valence-corrected chi connectivity index (χ4v) is 3.26. The lowest BCUT2D eigenvalue weighted by molar-refractivity contribution is -0.131. The van der Waals surface area contributed by atoms with Gasteiger partial charge in [-0.05, 0) is 43.2 Å². The minimum Gasteiger partial charge on any atom is -0.508 e. The van der Waals surface area contributed by atoms with E-state index < -0.39 is 11.9 Å². The van der Waals surface area contributed by atoms with Crippen LogP contribution < -0.4 is 10.1 Å². The van der Waals surface area contributed by atoms with Crippen LogP contribution in [0.1, 0.15) is 40.5 Å². The first-order valence-electron chi connectivity index (χ1n) is 9.23. The van der Waals surface area contributed by atoms with Crippen molar-refractivity contribution in [3.8, 4) is 17.2 Å². The first-order chi connectivity index (χ1) is 13.8. The second kappa shape index (κ2) is 8.64. The Balaban J connectivity index is 1.57. The first kappa shape index (κ1) is 20.2. The number of aromatic hydroxyl groups is 2. The SMILES string of the molecule is CC(=O)Oc1cccc(C(=O)N2CCC(NC(=O)c3cc(O)cc(O)c3)CC2)c1.